The van der Waals surface area contributed by atoms with Crippen LogP contribution in [-0.4, -0.2) is 66.3 Å². The average molecular weight is 361 g/mol. The van der Waals surface area contributed by atoms with E-state index in [0.717, 1.165) is 12.0 Å². The Kier molecular flexibility index (Phi) is 4.55. The molecule has 138 valence electrons. The molecule has 0 spiro atoms. The van der Waals surface area contributed by atoms with Gasteiger partial charge in [0.25, 0.3) is 0 Å². The molecule has 0 aliphatic carbocycles. The minimum Gasteiger partial charge on any atom is -0.472 e. The first kappa shape index (κ1) is 16.9. The van der Waals surface area contributed by atoms with Crippen molar-refractivity contribution in [3.8, 4) is 0 Å². The van der Waals surface area contributed by atoms with Gasteiger partial charge in [-0.3, -0.25) is 4.57 Å². The zero-order chi connectivity index (χ0) is 18.1. The maximum absolute atomic E-state index is 10.2. The monoisotopic (exact) mass is 361 g/mol. The first-order chi connectivity index (χ1) is 12.7. The molecular formula is C16H19N5O5. The van der Waals surface area contributed by atoms with Crippen molar-refractivity contribution >= 4 is 17.0 Å². The van der Waals surface area contributed by atoms with Crippen LogP contribution in [0.5, 0.6) is 0 Å². The molecule has 10 nitrogen and oxygen atoms in total. The summed E-state index contributed by atoms with van der Waals surface area (Å²) < 4.78 is 12.1. The van der Waals surface area contributed by atoms with Gasteiger partial charge in [0.05, 0.1) is 25.5 Å². The molecule has 3 aromatic heterocycles. The Bertz CT molecular complexity index is 867. The number of aliphatic hydroxyl groups is 3. The van der Waals surface area contributed by atoms with Crippen LogP contribution in [0.4, 0.5) is 5.82 Å². The van der Waals surface area contributed by atoms with Crippen LogP contribution in [0.3, 0.4) is 0 Å². The Morgan fingerprint density at radius 1 is 1.19 bits per heavy atom. The first-order valence-corrected chi connectivity index (χ1v) is 8.24. The summed E-state index contributed by atoms with van der Waals surface area (Å²) in [5.74, 6) is 0.559. The molecule has 26 heavy (non-hydrogen) atoms. The summed E-state index contributed by atoms with van der Waals surface area (Å²) in [5.41, 5.74) is 2.05. The summed E-state index contributed by atoms with van der Waals surface area (Å²) in [6.45, 7) is 0.240. The molecule has 4 heterocycles. The van der Waals surface area contributed by atoms with E-state index in [1.165, 1.54) is 17.2 Å². The largest absolute Gasteiger partial charge is 0.472 e. The van der Waals surface area contributed by atoms with Gasteiger partial charge in [-0.1, -0.05) is 0 Å². The van der Waals surface area contributed by atoms with Crippen molar-refractivity contribution in [1.82, 2.24) is 19.5 Å². The third-order valence-corrected chi connectivity index (χ3v) is 4.44. The van der Waals surface area contributed by atoms with E-state index in [-0.39, 0.29) is 0 Å². The van der Waals surface area contributed by atoms with E-state index in [2.05, 4.69) is 20.3 Å². The third-order valence-electron chi connectivity index (χ3n) is 4.44. The Labute approximate surface area is 148 Å². The van der Waals surface area contributed by atoms with E-state index in [9.17, 15) is 15.3 Å². The van der Waals surface area contributed by atoms with Crippen LogP contribution in [0.1, 0.15) is 11.8 Å². The van der Waals surface area contributed by atoms with Crippen molar-refractivity contribution < 1.29 is 24.5 Å². The van der Waals surface area contributed by atoms with Crippen LogP contribution < -0.4 is 5.32 Å². The first-order valence-electron chi connectivity index (χ1n) is 8.24. The van der Waals surface area contributed by atoms with Crippen molar-refractivity contribution in [1.29, 1.82) is 0 Å². The minimum absolute atomic E-state index is 0.392. The smallest absolute Gasteiger partial charge is 0.167 e. The second kappa shape index (κ2) is 7.00. The lowest BCUT2D eigenvalue weighted by Crippen LogP contribution is -2.33. The lowest BCUT2D eigenvalue weighted by molar-refractivity contribution is -0.0511. The van der Waals surface area contributed by atoms with Crippen LogP contribution in [-0.2, 0) is 11.2 Å². The van der Waals surface area contributed by atoms with Crippen LogP contribution in [0.25, 0.3) is 11.2 Å². The van der Waals surface area contributed by atoms with Crippen molar-refractivity contribution in [3.05, 3.63) is 36.8 Å². The number of nitrogens with one attached hydrogen (secondary N) is 1. The second-order valence-electron chi connectivity index (χ2n) is 6.08. The highest BCUT2D eigenvalue weighted by atomic mass is 16.6. The molecule has 0 aromatic carbocycles. The summed E-state index contributed by atoms with van der Waals surface area (Å²) in [4.78, 5) is 12.7. The zero-order valence-electron chi connectivity index (χ0n) is 13.8. The molecule has 0 amide bonds. The molecule has 1 aliphatic rings. The van der Waals surface area contributed by atoms with Gasteiger partial charge >= 0.3 is 0 Å². The summed E-state index contributed by atoms with van der Waals surface area (Å²) in [7, 11) is 0. The Balaban J connectivity index is 1.55. The van der Waals surface area contributed by atoms with Gasteiger partial charge in [0.15, 0.2) is 23.2 Å². The van der Waals surface area contributed by atoms with Gasteiger partial charge < -0.3 is 29.8 Å². The Hall–Kier alpha value is -2.53. The predicted molar refractivity (Wildman–Crippen MR) is 89.2 cm³/mol. The molecule has 1 saturated heterocycles. The molecule has 0 unspecified atom stereocenters. The normalized spacial score (nSPS) is 25.8. The number of nitrogens with zero attached hydrogens (tertiary/aromatic N) is 4. The van der Waals surface area contributed by atoms with Crippen LogP contribution >= 0.6 is 0 Å². The molecule has 10 heteroatoms. The van der Waals surface area contributed by atoms with Crippen molar-refractivity contribution in [2.45, 2.75) is 31.0 Å². The number of aliphatic hydroxyl groups excluding tert-OH is 3. The molecule has 1 aliphatic heterocycles. The molecular weight excluding hydrogens is 342 g/mol. The maximum atomic E-state index is 10.2. The number of fused-ring (bicyclic) bond motifs is 1. The molecule has 0 bridgehead atoms. The van der Waals surface area contributed by atoms with Crippen LogP contribution in [0.2, 0.25) is 0 Å². The molecule has 4 atom stereocenters. The van der Waals surface area contributed by atoms with E-state index in [4.69, 9.17) is 9.15 Å². The molecule has 3 aromatic rings. The van der Waals surface area contributed by atoms with Gasteiger partial charge in [0.2, 0.25) is 0 Å². The van der Waals surface area contributed by atoms with Gasteiger partial charge in [0.1, 0.15) is 24.6 Å². The highest BCUT2D eigenvalue weighted by Crippen LogP contribution is 2.32. The van der Waals surface area contributed by atoms with Gasteiger partial charge in [-0.15, -0.1) is 0 Å². The van der Waals surface area contributed by atoms with Crippen LogP contribution in [0.15, 0.2) is 35.7 Å². The fourth-order valence-electron chi connectivity index (χ4n) is 3.04. The van der Waals surface area contributed by atoms with E-state index in [0.29, 0.717) is 23.5 Å². The summed E-state index contributed by atoms with van der Waals surface area (Å²) in [6.07, 6.45) is 2.81. The van der Waals surface area contributed by atoms with E-state index < -0.39 is 31.1 Å². The topological polar surface area (TPSA) is 139 Å². The predicted octanol–water partition coefficient (Wildman–Crippen LogP) is -0.315. The number of rotatable bonds is 6. The lowest BCUT2D eigenvalue weighted by atomic mass is 10.1. The molecule has 4 rings (SSSR count). The SMILES string of the molecule is OC[C@H]1O[C@@H](n2cnc3c(NCCc4ccoc4)ncnc32)[C@@H](O)[C@H]1O. The quantitative estimate of drug-likeness (QED) is 0.465. The number of imidazole rings is 1. The van der Waals surface area contributed by atoms with Gasteiger partial charge in [0, 0.05) is 6.54 Å². The standard InChI is InChI=1S/C16H19N5O5/c22-5-10-12(23)13(24)16(26-10)21-8-20-11-14(18-7-19-15(11)21)17-3-1-9-2-4-25-6-9/h2,4,6-8,10,12-13,16,22-24H,1,3,5H2,(H,17,18,19)/t10-,12+,13+,16-/m1/s1. The van der Waals surface area contributed by atoms with Crippen molar-refractivity contribution in [2.24, 2.45) is 0 Å². The fourth-order valence-corrected chi connectivity index (χ4v) is 3.04. The third kappa shape index (κ3) is 2.92. The average Bonchev–Trinajstić information content (AvgIpc) is 3.37. The summed E-state index contributed by atoms with van der Waals surface area (Å²) in [5, 5.41) is 32.6. The molecule has 0 radical (unpaired) electrons. The number of ether oxygens (including phenoxy) is 1. The Morgan fingerprint density at radius 3 is 2.81 bits per heavy atom. The minimum atomic E-state index is -1.20. The zero-order valence-corrected chi connectivity index (χ0v) is 13.8. The number of aromatic nitrogens is 4. The highest BCUT2D eigenvalue weighted by molar-refractivity contribution is 5.82. The molecule has 0 saturated carbocycles. The van der Waals surface area contributed by atoms with E-state index >= 15 is 0 Å². The van der Waals surface area contributed by atoms with Crippen LogP contribution in [0, 0.1) is 0 Å². The number of furan rings is 1. The maximum Gasteiger partial charge on any atom is 0.167 e. The van der Waals surface area contributed by atoms with Gasteiger partial charge in [-0.2, -0.15) is 0 Å². The van der Waals surface area contributed by atoms with E-state index in [1.807, 2.05) is 6.07 Å². The lowest BCUT2D eigenvalue weighted by Gasteiger charge is -2.16. The van der Waals surface area contributed by atoms with Crippen molar-refractivity contribution in [3.63, 3.8) is 0 Å². The second-order valence-corrected chi connectivity index (χ2v) is 6.08. The molecule has 1 fully saturated rings. The number of anilines is 1. The fraction of sp³-hybridized carbons (Fsp3) is 0.438. The number of hydrogen-bond acceptors (Lipinski definition) is 9. The summed E-state index contributed by atoms with van der Waals surface area (Å²) in [6, 6.07) is 1.90. The van der Waals surface area contributed by atoms with Crippen molar-refractivity contribution in [2.75, 3.05) is 18.5 Å². The molecule has 4 N–H and O–H groups in total. The number of hydrogen-bond donors (Lipinski definition) is 4. The van der Waals surface area contributed by atoms with Gasteiger partial charge in [-0.05, 0) is 18.1 Å². The van der Waals surface area contributed by atoms with E-state index in [1.54, 1.807) is 12.5 Å². The Morgan fingerprint density at radius 2 is 2.08 bits per heavy atom. The van der Waals surface area contributed by atoms with Gasteiger partial charge in [-0.25, -0.2) is 15.0 Å². The highest BCUT2D eigenvalue weighted by Gasteiger charge is 2.44. The summed E-state index contributed by atoms with van der Waals surface area (Å²) >= 11 is 0.